The number of hydrogen-bond acceptors (Lipinski definition) is 3. The number of anilines is 1. The van der Waals surface area contributed by atoms with Gasteiger partial charge in [0.05, 0.1) is 23.7 Å². The van der Waals surface area contributed by atoms with E-state index in [1.165, 1.54) is 11.1 Å². The van der Waals surface area contributed by atoms with Crippen LogP contribution in [0.4, 0.5) is 5.69 Å². The second-order valence-electron chi connectivity index (χ2n) is 8.27. The first-order chi connectivity index (χ1) is 14.6. The summed E-state index contributed by atoms with van der Waals surface area (Å²) in [6.07, 6.45) is 0.516. The standard InChI is InChI=1S/C26H23N3O/c1-17-7-12-23-21(13-17)26-22(25(28-23)20-10-8-18(15-27)9-11-20)14-24(30)29(26)16-19-5-3-2-4-6-19/h2-13,22,25-26,28H,14,16H2,1H3/t22-,25-,26+/m0/s1. The Balaban J connectivity index is 1.57. The van der Waals surface area contributed by atoms with Crippen LogP contribution >= 0.6 is 0 Å². The average Bonchev–Trinajstić information content (AvgIpc) is 3.10. The van der Waals surface area contributed by atoms with Gasteiger partial charge in [0, 0.05) is 24.6 Å². The number of rotatable bonds is 3. The van der Waals surface area contributed by atoms with E-state index in [1.807, 2.05) is 42.5 Å². The van der Waals surface area contributed by atoms with Crippen LogP contribution in [0.5, 0.6) is 0 Å². The Morgan fingerprint density at radius 2 is 1.83 bits per heavy atom. The van der Waals surface area contributed by atoms with E-state index in [2.05, 4.69) is 53.5 Å². The molecule has 3 aromatic rings. The van der Waals surface area contributed by atoms with Crippen molar-refractivity contribution in [3.63, 3.8) is 0 Å². The van der Waals surface area contributed by atoms with Crippen LogP contribution in [-0.2, 0) is 11.3 Å². The first kappa shape index (κ1) is 18.4. The summed E-state index contributed by atoms with van der Waals surface area (Å²) in [6, 6.07) is 26.6. The topological polar surface area (TPSA) is 56.1 Å². The van der Waals surface area contributed by atoms with E-state index >= 15 is 0 Å². The van der Waals surface area contributed by atoms with Gasteiger partial charge in [-0.2, -0.15) is 5.26 Å². The number of fused-ring (bicyclic) bond motifs is 3. The number of aryl methyl sites for hydroxylation is 1. The smallest absolute Gasteiger partial charge is 0.223 e. The number of nitrogens with zero attached hydrogens (tertiary/aromatic N) is 2. The van der Waals surface area contributed by atoms with Crippen LogP contribution in [0, 0.1) is 24.2 Å². The second kappa shape index (κ2) is 7.35. The molecular formula is C26H23N3O. The summed E-state index contributed by atoms with van der Waals surface area (Å²) >= 11 is 0. The molecule has 2 aliphatic heterocycles. The van der Waals surface area contributed by atoms with Crippen molar-refractivity contribution in [2.45, 2.75) is 32.0 Å². The van der Waals surface area contributed by atoms with E-state index in [0.717, 1.165) is 16.8 Å². The summed E-state index contributed by atoms with van der Waals surface area (Å²) in [5.74, 6) is 0.340. The molecule has 5 rings (SSSR count). The Hall–Kier alpha value is -3.58. The van der Waals surface area contributed by atoms with Crippen LogP contribution in [0.1, 0.15) is 46.3 Å². The molecule has 2 heterocycles. The number of carbonyl (C=O) groups is 1. The largest absolute Gasteiger partial charge is 0.378 e. The van der Waals surface area contributed by atoms with Crippen molar-refractivity contribution in [3.8, 4) is 6.07 Å². The molecule has 0 aromatic heterocycles. The summed E-state index contributed by atoms with van der Waals surface area (Å²) < 4.78 is 0. The highest BCUT2D eigenvalue weighted by molar-refractivity contribution is 5.81. The van der Waals surface area contributed by atoms with E-state index in [0.29, 0.717) is 18.5 Å². The lowest BCUT2D eigenvalue weighted by Crippen LogP contribution is -2.35. The molecule has 3 aromatic carbocycles. The van der Waals surface area contributed by atoms with Crippen molar-refractivity contribution in [3.05, 3.63) is 101 Å². The van der Waals surface area contributed by atoms with Crippen molar-refractivity contribution in [1.82, 2.24) is 4.90 Å². The van der Waals surface area contributed by atoms with Crippen LogP contribution in [0.2, 0.25) is 0 Å². The average molecular weight is 393 g/mol. The zero-order valence-corrected chi connectivity index (χ0v) is 16.9. The lowest BCUT2D eigenvalue weighted by Gasteiger charge is -2.40. The monoisotopic (exact) mass is 393 g/mol. The second-order valence-corrected chi connectivity index (χ2v) is 8.27. The lowest BCUT2D eigenvalue weighted by atomic mass is 9.79. The van der Waals surface area contributed by atoms with E-state index in [1.54, 1.807) is 0 Å². The van der Waals surface area contributed by atoms with Crippen molar-refractivity contribution in [2.24, 2.45) is 5.92 Å². The van der Waals surface area contributed by atoms with Crippen molar-refractivity contribution in [2.75, 3.05) is 5.32 Å². The fraction of sp³-hybridized carbons (Fsp3) is 0.231. The maximum atomic E-state index is 13.2. The maximum absolute atomic E-state index is 13.2. The van der Waals surface area contributed by atoms with Gasteiger partial charge in [0.25, 0.3) is 0 Å². The predicted molar refractivity (Wildman–Crippen MR) is 117 cm³/mol. The number of nitrogens with one attached hydrogen (secondary N) is 1. The molecule has 2 aliphatic rings. The number of carbonyl (C=O) groups excluding carboxylic acids is 1. The number of benzene rings is 3. The predicted octanol–water partition coefficient (Wildman–Crippen LogP) is 5.12. The highest BCUT2D eigenvalue weighted by atomic mass is 16.2. The quantitative estimate of drug-likeness (QED) is 0.672. The molecule has 148 valence electrons. The molecule has 0 aliphatic carbocycles. The minimum absolute atomic E-state index is 0.0303. The molecule has 0 spiro atoms. The number of hydrogen-bond donors (Lipinski definition) is 1. The lowest BCUT2D eigenvalue weighted by molar-refractivity contribution is -0.129. The highest BCUT2D eigenvalue weighted by Gasteiger charge is 2.48. The van der Waals surface area contributed by atoms with Gasteiger partial charge >= 0.3 is 0 Å². The molecule has 0 radical (unpaired) electrons. The molecule has 4 nitrogen and oxygen atoms in total. The van der Waals surface area contributed by atoms with Crippen LogP contribution in [0.15, 0.2) is 72.8 Å². The van der Waals surface area contributed by atoms with E-state index in [-0.39, 0.29) is 23.9 Å². The van der Waals surface area contributed by atoms with Gasteiger partial charge in [0.2, 0.25) is 5.91 Å². The van der Waals surface area contributed by atoms with Crippen LogP contribution in [-0.4, -0.2) is 10.8 Å². The highest BCUT2D eigenvalue weighted by Crippen LogP contribution is 2.52. The fourth-order valence-corrected chi connectivity index (χ4v) is 4.91. The zero-order valence-electron chi connectivity index (χ0n) is 16.9. The van der Waals surface area contributed by atoms with Gasteiger partial charge < -0.3 is 10.2 Å². The number of amides is 1. The minimum Gasteiger partial charge on any atom is -0.378 e. The van der Waals surface area contributed by atoms with Crippen molar-refractivity contribution >= 4 is 11.6 Å². The van der Waals surface area contributed by atoms with Gasteiger partial charge in [0.15, 0.2) is 0 Å². The number of likely N-dealkylation sites (tertiary alicyclic amines) is 1. The van der Waals surface area contributed by atoms with Gasteiger partial charge in [-0.05, 0) is 41.8 Å². The third kappa shape index (κ3) is 3.13. The molecule has 1 N–H and O–H groups in total. The molecule has 1 fully saturated rings. The van der Waals surface area contributed by atoms with E-state index in [4.69, 9.17) is 5.26 Å². The number of nitriles is 1. The van der Waals surface area contributed by atoms with Gasteiger partial charge in [-0.3, -0.25) is 4.79 Å². The summed E-state index contributed by atoms with van der Waals surface area (Å²) in [4.78, 5) is 15.2. The third-order valence-corrected chi connectivity index (χ3v) is 6.33. The molecule has 30 heavy (non-hydrogen) atoms. The zero-order chi connectivity index (χ0) is 20.7. The first-order valence-electron chi connectivity index (χ1n) is 10.3. The van der Waals surface area contributed by atoms with Crippen LogP contribution in [0.3, 0.4) is 0 Å². The molecule has 3 atom stereocenters. The maximum Gasteiger partial charge on any atom is 0.223 e. The summed E-state index contributed by atoms with van der Waals surface area (Å²) in [5, 5.41) is 12.8. The van der Waals surface area contributed by atoms with Gasteiger partial charge in [-0.1, -0.05) is 60.2 Å². The third-order valence-electron chi connectivity index (χ3n) is 6.33. The fourth-order valence-electron chi connectivity index (χ4n) is 4.91. The molecule has 0 unspecified atom stereocenters. The Kier molecular flexibility index (Phi) is 4.52. The summed E-state index contributed by atoms with van der Waals surface area (Å²) in [5.41, 5.74) is 6.40. The SMILES string of the molecule is Cc1ccc2c(c1)[C@@H]1[C@@H](CC(=O)N1Cc1ccccc1)[C@H](c1ccc(C#N)cc1)N2. The first-order valence-corrected chi connectivity index (χ1v) is 10.3. The normalized spacial score (nSPS) is 22.1. The minimum atomic E-state index is 0.0303. The van der Waals surface area contributed by atoms with Gasteiger partial charge in [-0.15, -0.1) is 0 Å². The Labute approximate surface area is 176 Å². The van der Waals surface area contributed by atoms with E-state index < -0.39 is 0 Å². The van der Waals surface area contributed by atoms with Crippen molar-refractivity contribution in [1.29, 1.82) is 5.26 Å². The molecule has 4 heteroatoms. The molecule has 0 saturated carbocycles. The summed E-state index contributed by atoms with van der Waals surface area (Å²) in [6.45, 7) is 2.72. The van der Waals surface area contributed by atoms with Gasteiger partial charge in [-0.25, -0.2) is 0 Å². The Bertz CT molecular complexity index is 1130. The molecule has 1 amide bonds. The van der Waals surface area contributed by atoms with Crippen molar-refractivity contribution < 1.29 is 4.79 Å². The van der Waals surface area contributed by atoms with Crippen LogP contribution in [0.25, 0.3) is 0 Å². The van der Waals surface area contributed by atoms with E-state index in [9.17, 15) is 4.79 Å². The Morgan fingerprint density at radius 3 is 2.57 bits per heavy atom. The summed E-state index contributed by atoms with van der Waals surface area (Å²) in [7, 11) is 0. The van der Waals surface area contributed by atoms with Gasteiger partial charge in [0.1, 0.15) is 0 Å². The van der Waals surface area contributed by atoms with Crippen LogP contribution < -0.4 is 5.32 Å². The molecule has 0 bridgehead atoms. The Morgan fingerprint density at radius 1 is 1.07 bits per heavy atom. The molecular weight excluding hydrogens is 370 g/mol. The molecule has 1 saturated heterocycles.